The lowest BCUT2D eigenvalue weighted by atomic mass is 10.1. The molecule has 1 aliphatic rings. The summed E-state index contributed by atoms with van der Waals surface area (Å²) in [6.07, 6.45) is 0.836. The van der Waals surface area contributed by atoms with Gasteiger partial charge in [0, 0.05) is 57.9 Å². The van der Waals surface area contributed by atoms with E-state index in [9.17, 15) is 0 Å². The highest BCUT2D eigenvalue weighted by molar-refractivity contribution is 14.0. The van der Waals surface area contributed by atoms with Gasteiger partial charge in [-0.1, -0.05) is 24.6 Å². The molecule has 1 heterocycles. The fourth-order valence-electron chi connectivity index (χ4n) is 3.06. The zero-order valence-corrected chi connectivity index (χ0v) is 19.7. The molecule has 0 radical (unpaired) electrons. The molecule has 0 amide bonds. The Morgan fingerprint density at radius 3 is 2.41 bits per heavy atom. The highest BCUT2D eigenvalue weighted by Gasteiger charge is 2.14. The molecule has 2 N–H and O–H groups in total. The van der Waals surface area contributed by atoms with Gasteiger partial charge in [-0.3, -0.25) is 9.89 Å². The number of hydrogen-bond acceptors (Lipinski definition) is 4. The molecule has 0 unspecified atom stereocenters. The maximum atomic E-state index is 6.29. The molecular formula is C19H33ClIN5O. The summed E-state index contributed by atoms with van der Waals surface area (Å²) in [5.74, 6) is 1.62. The van der Waals surface area contributed by atoms with E-state index in [2.05, 4.69) is 32.3 Å². The summed E-state index contributed by atoms with van der Waals surface area (Å²) in [5, 5.41) is 7.48. The summed E-state index contributed by atoms with van der Waals surface area (Å²) in [5.41, 5.74) is 1.10. The fourth-order valence-corrected chi connectivity index (χ4v) is 3.32. The lowest BCUT2D eigenvalue weighted by Gasteiger charge is -2.34. The molecule has 154 valence electrons. The summed E-state index contributed by atoms with van der Waals surface area (Å²) in [6, 6.07) is 5.80. The molecule has 1 saturated heterocycles. The molecule has 2 rings (SSSR count). The number of likely N-dealkylation sites (N-methyl/N-ethyl adjacent to an activating group) is 1. The van der Waals surface area contributed by atoms with Gasteiger partial charge in [-0.15, -0.1) is 24.0 Å². The minimum Gasteiger partial charge on any atom is -0.497 e. The van der Waals surface area contributed by atoms with Crippen LogP contribution >= 0.6 is 35.6 Å². The summed E-state index contributed by atoms with van der Waals surface area (Å²) in [7, 11) is 3.45. The van der Waals surface area contributed by atoms with Crippen molar-refractivity contribution >= 4 is 41.5 Å². The molecule has 0 aliphatic carbocycles. The van der Waals surface area contributed by atoms with Crippen molar-refractivity contribution in [3.8, 4) is 5.75 Å². The van der Waals surface area contributed by atoms with Gasteiger partial charge in [0.25, 0.3) is 0 Å². The second-order valence-corrected chi connectivity index (χ2v) is 6.82. The SMILES string of the molecule is CCN1CCN(CCNC(=NC)NCCc2ccc(OC)cc2Cl)CC1.I. The van der Waals surface area contributed by atoms with Crippen molar-refractivity contribution in [2.75, 3.05) is 66.5 Å². The third kappa shape index (κ3) is 8.41. The number of benzene rings is 1. The van der Waals surface area contributed by atoms with Crippen LogP contribution in [0.4, 0.5) is 0 Å². The molecule has 1 aromatic rings. The number of nitrogens with zero attached hydrogens (tertiary/aromatic N) is 3. The third-order valence-electron chi connectivity index (χ3n) is 4.80. The van der Waals surface area contributed by atoms with Crippen LogP contribution in [0.3, 0.4) is 0 Å². The van der Waals surface area contributed by atoms with Crippen LogP contribution in [0.5, 0.6) is 5.75 Å². The topological polar surface area (TPSA) is 52.1 Å². The molecule has 1 aromatic carbocycles. The largest absolute Gasteiger partial charge is 0.497 e. The zero-order valence-electron chi connectivity index (χ0n) is 16.6. The molecule has 1 aliphatic heterocycles. The number of rotatable bonds is 8. The number of halogens is 2. The Labute approximate surface area is 185 Å². The molecule has 0 spiro atoms. The maximum Gasteiger partial charge on any atom is 0.191 e. The van der Waals surface area contributed by atoms with Crippen molar-refractivity contribution in [2.45, 2.75) is 13.3 Å². The standard InChI is InChI=1S/C19H32ClN5O.HI/c1-4-24-11-13-25(14-12-24)10-9-23-19(21-2)22-8-7-16-5-6-17(26-3)15-18(16)20;/h5-6,15H,4,7-14H2,1-3H3,(H2,21,22,23);1H. The highest BCUT2D eigenvalue weighted by Crippen LogP contribution is 2.22. The second-order valence-electron chi connectivity index (χ2n) is 6.41. The first-order valence-electron chi connectivity index (χ1n) is 9.38. The number of guanidine groups is 1. The van der Waals surface area contributed by atoms with Gasteiger partial charge in [0.1, 0.15) is 5.75 Å². The highest BCUT2D eigenvalue weighted by atomic mass is 127. The maximum absolute atomic E-state index is 6.29. The summed E-state index contributed by atoms with van der Waals surface area (Å²) in [6.45, 7) is 10.7. The predicted molar refractivity (Wildman–Crippen MR) is 125 cm³/mol. The Morgan fingerprint density at radius 1 is 1.15 bits per heavy atom. The first kappa shape index (κ1) is 24.3. The van der Waals surface area contributed by atoms with Crippen LogP contribution in [-0.4, -0.2) is 82.3 Å². The van der Waals surface area contributed by atoms with Crippen molar-refractivity contribution in [2.24, 2.45) is 4.99 Å². The number of ether oxygens (including phenoxy) is 1. The molecule has 0 bridgehead atoms. The first-order chi connectivity index (χ1) is 12.7. The van der Waals surface area contributed by atoms with E-state index in [1.54, 1.807) is 14.2 Å². The van der Waals surface area contributed by atoms with Crippen LogP contribution in [0.25, 0.3) is 0 Å². The van der Waals surface area contributed by atoms with Gasteiger partial charge in [-0.25, -0.2) is 0 Å². The van der Waals surface area contributed by atoms with Gasteiger partial charge in [-0.2, -0.15) is 0 Å². The number of methoxy groups -OCH3 is 1. The van der Waals surface area contributed by atoms with Gasteiger partial charge in [-0.05, 0) is 30.7 Å². The van der Waals surface area contributed by atoms with Crippen LogP contribution in [0.15, 0.2) is 23.2 Å². The minimum absolute atomic E-state index is 0. The molecule has 0 aromatic heterocycles. The number of nitrogens with one attached hydrogen (secondary N) is 2. The third-order valence-corrected chi connectivity index (χ3v) is 5.16. The van der Waals surface area contributed by atoms with E-state index >= 15 is 0 Å². The molecular weight excluding hydrogens is 477 g/mol. The Bertz CT molecular complexity index is 579. The van der Waals surface area contributed by atoms with Crippen LogP contribution in [-0.2, 0) is 6.42 Å². The van der Waals surface area contributed by atoms with Gasteiger partial charge in [0.15, 0.2) is 5.96 Å². The number of aliphatic imine (C=N–C) groups is 1. The number of piperazine rings is 1. The Balaban J connectivity index is 0.00000364. The van der Waals surface area contributed by atoms with Crippen LogP contribution in [0.2, 0.25) is 5.02 Å². The van der Waals surface area contributed by atoms with E-state index in [0.29, 0.717) is 0 Å². The Hall–Kier alpha value is -0.770. The lowest BCUT2D eigenvalue weighted by molar-refractivity contribution is 0.139. The van der Waals surface area contributed by atoms with Gasteiger partial charge in [0.05, 0.1) is 7.11 Å². The smallest absolute Gasteiger partial charge is 0.191 e. The zero-order chi connectivity index (χ0) is 18.8. The van der Waals surface area contributed by atoms with E-state index in [1.807, 2.05) is 18.2 Å². The molecule has 0 saturated carbocycles. The quantitative estimate of drug-likeness (QED) is 0.320. The molecule has 6 nitrogen and oxygen atoms in total. The summed E-state index contributed by atoms with van der Waals surface area (Å²) in [4.78, 5) is 9.29. The summed E-state index contributed by atoms with van der Waals surface area (Å²) < 4.78 is 5.18. The van der Waals surface area contributed by atoms with Crippen molar-refractivity contribution in [1.82, 2.24) is 20.4 Å². The molecule has 8 heteroatoms. The predicted octanol–water partition coefficient (Wildman–Crippen LogP) is 2.31. The number of hydrogen-bond donors (Lipinski definition) is 2. The van der Waals surface area contributed by atoms with Gasteiger partial charge in [0.2, 0.25) is 0 Å². The Morgan fingerprint density at radius 2 is 1.81 bits per heavy atom. The van der Waals surface area contributed by atoms with E-state index in [1.165, 1.54) is 13.1 Å². The van der Waals surface area contributed by atoms with Gasteiger partial charge >= 0.3 is 0 Å². The molecule has 27 heavy (non-hydrogen) atoms. The molecule has 0 atom stereocenters. The van der Waals surface area contributed by atoms with Crippen LogP contribution in [0.1, 0.15) is 12.5 Å². The van der Waals surface area contributed by atoms with Crippen molar-refractivity contribution in [3.63, 3.8) is 0 Å². The van der Waals surface area contributed by atoms with Gasteiger partial charge < -0.3 is 20.3 Å². The lowest BCUT2D eigenvalue weighted by Crippen LogP contribution is -2.49. The normalized spacial score (nSPS) is 15.9. The van der Waals surface area contributed by atoms with E-state index in [0.717, 1.165) is 68.0 Å². The summed E-state index contributed by atoms with van der Waals surface area (Å²) >= 11 is 6.29. The first-order valence-corrected chi connectivity index (χ1v) is 9.75. The Kier molecular flexibility index (Phi) is 12.1. The second kappa shape index (κ2) is 13.4. The van der Waals surface area contributed by atoms with Crippen molar-refractivity contribution in [1.29, 1.82) is 0 Å². The van der Waals surface area contributed by atoms with E-state index in [4.69, 9.17) is 16.3 Å². The average molecular weight is 510 g/mol. The van der Waals surface area contributed by atoms with Crippen molar-refractivity contribution < 1.29 is 4.74 Å². The van der Waals surface area contributed by atoms with E-state index in [-0.39, 0.29) is 24.0 Å². The van der Waals surface area contributed by atoms with Crippen LogP contribution in [0, 0.1) is 0 Å². The monoisotopic (exact) mass is 509 g/mol. The van der Waals surface area contributed by atoms with Crippen LogP contribution < -0.4 is 15.4 Å². The van der Waals surface area contributed by atoms with Crippen molar-refractivity contribution in [3.05, 3.63) is 28.8 Å². The van der Waals surface area contributed by atoms with E-state index < -0.39 is 0 Å². The fraction of sp³-hybridized carbons (Fsp3) is 0.632. The average Bonchev–Trinajstić information content (AvgIpc) is 2.68. The minimum atomic E-state index is 0. The molecule has 1 fully saturated rings.